The Kier molecular flexibility index (Phi) is 5.14. The minimum Gasteiger partial charge on any atom is -0.462 e. The molecule has 0 saturated carbocycles. The van der Waals surface area contributed by atoms with Crippen LogP contribution in [0.15, 0.2) is 46.9 Å². The Morgan fingerprint density at radius 2 is 2.05 bits per heavy atom. The van der Waals surface area contributed by atoms with Crippen LogP contribution in [0.5, 0.6) is 0 Å². The molecule has 1 heterocycles. The minimum absolute atomic E-state index is 0.166. The van der Waals surface area contributed by atoms with Crippen molar-refractivity contribution in [1.82, 2.24) is 5.32 Å². The Morgan fingerprint density at radius 3 is 2.73 bits per heavy atom. The zero-order valence-corrected chi connectivity index (χ0v) is 12.6. The van der Waals surface area contributed by atoms with Crippen LogP contribution in [0.2, 0.25) is 0 Å². The van der Waals surface area contributed by atoms with Gasteiger partial charge in [-0.1, -0.05) is 6.07 Å². The smallest absolute Gasteiger partial charge is 0.251 e. The van der Waals surface area contributed by atoms with Gasteiger partial charge in [-0.05, 0) is 50.3 Å². The molecule has 2 aromatic rings. The molecule has 0 saturated heterocycles. The number of aryl methyl sites for hydroxylation is 1. The molecule has 0 aliphatic heterocycles. The molecule has 2 rings (SSSR count). The maximum atomic E-state index is 11.9. The van der Waals surface area contributed by atoms with Crippen LogP contribution in [0.3, 0.4) is 0 Å². The number of anilines is 1. The summed E-state index contributed by atoms with van der Waals surface area (Å²) in [6, 6.07) is 10.4. The Balaban J connectivity index is 2.01. The number of rotatable bonds is 5. The average molecular weight is 298 g/mol. The highest BCUT2D eigenvalue weighted by atomic mass is 16.3. The third-order valence-corrected chi connectivity index (χ3v) is 2.89. The van der Waals surface area contributed by atoms with Gasteiger partial charge in [-0.15, -0.1) is 0 Å². The predicted molar refractivity (Wildman–Crippen MR) is 85.6 cm³/mol. The van der Waals surface area contributed by atoms with Gasteiger partial charge in [-0.2, -0.15) is 0 Å². The molecular weight excluding hydrogens is 280 g/mol. The molecule has 5 heteroatoms. The molecule has 0 fully saturated rings. The van der Waals surface area contributed by atoms with E-state index in [-0.39, 0.29) is 11.8 Å². The molecule has 0 unspecified atom stereocenters. The van der Waals surface area contributed by atoms with Gasteiger partial charge < -0.3 is 15.1 Å². The van der Waals surface area contributed by atoms with Gasteiger partial charge in [0.1, 0.15) is 11.5 Å². The molecule has 1 aromatic carbocycles. The van der Waals surface area contributed by atoms with E-state index in [1.165, 1.54) is 6.08 Å². The standard InChI is InChI=1S/C17H18N2O3/c1-3-18-17(21)13-5-4-6-14(11-13)19-16(20)10-9-15-8-7-12(2)22-15/h4-11H,3H2,1-2H3,(H,18,21)(H,19,20)/b10-9+. The second kappa shape index (κ2) is 7.26. The first-order valence-corrected chi connectivity index (χ1v) is 7.02. The number of nitrogens with one attached hydrogen (secondary N) is 2. The van der Waals surface area contributed by atoms with Gasteiger partial charge in [0, 0.05) is 23.9 Å². The van der Waals surface area contributed by atoms with Gasteiger partial charge in [0.15, 0.2) is 0 Å². The Morgan fingerprint density at radius 1 is 1.23 bits per heavy atom. The summed E-state index contributed by atoms with van der Waals surface area (Å²) in [7, 11) is 0. The van der Waals surface area contributed by atoms with Gasteiger partial charge in [0.2, 0.25) is 5.91 Å². The molecule has 2 N–H and O–H groups in total. The van der Waals surface area contributed by atoms with Crippen LogP contribution >= 0.6 is 0 Å². The fraction of sp³-hybridized carbons (Fsp3) is 0.176. The van der Waals surface area contributed by atoms with Gasteiger partial charge in [0.25, 0.3) is 5.91 Å². The molecule has 1 aromatic heterocycles. The third-order valence-electron chi connectivity index (χ3n) is 2.89. The summed E-state index contributed by atoms with van der Waals surface area (Å²) in [4.78, 5) is 23.6. The highest BCUT2D eigenvalue weighted by molar-refractivity contribution is 6.03. The lowest BCUT2D eigenvalue weighted by molar-refractivity contribution is -0.111. The highest BCUT2D eigenvalue weighted by Crippen LogP contribution is 2.12. The van der Waals surface area contributed by atoms with Crippen LogP contribution in [-0.2, 0) is 4.79 Å². The Bertz CT molecular complexity index is 701. The number of hydrogen-bond donors (Lipinski definition) is 2. The van der Waals surface area contributed by atoms with Gasteiger partial charge in [-0.3, -0.25) is 9.59 Å². The van der Waals surface area contributed by atoms with E-state index in [0.717, 1.165) is 5.76 Å². The van der Waals surface area contributed by atoms with Crippen molar-refractivity contribution in [3.05, 3.63) is 59.6 Å². The highest BCUT2D eigenvalue weighted by Gasteiger charge is 2.05. The van der Waals surface area contributed by atoms with Crippen molar-refractivity contribution in [1.29, 1.82) is 0 Å². The van der Waals surface area contributed by atoms with Crippen molar-refractivity contribution in [2.24, 2.45) is 0 Å². The Labute approximate surface area is 129 Å². The van der Waals surface area contributed by atoms with Crippen LogP contribution in [0.25, 0.3) is 6.08 Å². The third kappa shape index (κ3) is 4.34. The topological polar surface area (TPSA) is 71.3 Å². The Hall–Kier alpha value is -2.82. The van der Waals surface area contributed by atoms with E-state index in [1.54, 1.807) is 36.4 Å². The van der Waals surface area contributed by atoms with Crippen molar-refractivity contribution in [2.75, 3.05) is 11.9 Å². The first-order valence-electron chi connectivity index (χ1n) is 7.02. The molecule has 0 aliphatic rings. The summed E-state index contributed by atoms with van der Waals surface area (Å²) < 4.78 is 5.34. The van der Waals surface area contributed by atoms with Crippen LogP contribution < -0.4 is 10.6 Å². The van der Waals surface area contributed by atoms with E-state index in [1.807, 2.05) is 19.9 Å². The molecule has 0 spiro atoms. The zero-order valence-electron chi connectivity index (χ0n) is 12.6. The first kappa shape index (κ1) is 15.6. The summed E-state index contributed by atoms with van der Waals surface area (Å²) in [6.45, 7) is 4.25. The maximum Gasteiger partial charge on any atom is 0.251 e. The predicted octanol–water partition coefficient (Wildman–Crippen LogP) is 2.99. The van der Waals surface area contributed by atoms with E-state index in [0.29, 0.717) is 23.6 Å². The number of hydrogen-bond acceptors (Lipinski definition) is 3. The van der Waals surface area contributed by atoms with E-state index in [9.17, 15) is 9.59 Å². The number of amides is 2. The van der Waals surface area contributed by atoms with E-state index in [4.69, 9.17) is 4.42 Å². The number of furan rings is 1. The van der Waals surface area contributed by atoms with Crippen molar-refractivity contribution in [3.63, 3.8) is 0 Å². The quantitative estimate of drug-likeness (QED) is 0.834. The number of benzene rings is 1. The molecule has 22 heavy (non-hydrogen) atoms. The fourth-order valence-electron chi connectivity index (χ4n) is 1.89. The molecule has 0 radical (unpaired) electrons. The molecule has 5 nitrogen and oxygen atoms in total. The molecule has 0 aliphatic carbocycles. The van der Waals surface area contributed by atoms with E-state index < -0.39 is 0 Å². The van der Waals surface area contributed by atoms with Crippen LogP contribution in [0.1, 0.15) is 28.8 Å². The average Bonchev–Trinajstić information content (AvgIpc) is 2.91. The lowest BCUT2D eigenvalue weighted by atomic mass is 10.2. The van der Waals surface area contributed by atoms with Crippen molar-refractivity contribution in [2.45, 2.75) is 13.8 Å². The lowest BCUT2D eigenvalue weighted by Gasteiger charge is -2.05. The maximum absolute atomic E-state index is 11.9. The monoisotopic (exact) mass is 298 g/mol. The van der Waals surface area contributed by atoms with Crippen LogP contribution in [-0.4, -0.2) is 18.4 Å². The molecule has 2 amide bonds. The molecule has 0 atom stereocenters. The fourth-order valence-corrected chi connectivity index (χ4v) is 1.89. The van der Waals surface area contributed by atoms with Gasteiger partial charge >= 0.3 is 0 Å². The van der Waals surface area contributed by atoms with E-state index >= 15 is 0 Å². The van der Waals surface area contributed by atoms with E-state index in [2.05, 4.69) is 10.6 Å². The number of carbonyl (C=O) groups is 2. The molecule has 114 valence electrons. The van der Waals surface area contributed by atoms with Crippen molar-refractivity contribution in [3.8, 4) is 0 Å². The second-order valence-corrected chi connectivity index (χ2v) is 4.71. The summed E-state index contributed by atoms with van der Waals surface area (Å²) in [5, 5.41) is 5.42. The summed E-state index contributed by atoms with van der Waals surface area (Å²) in [6.07, 6.45) is 2.98. The first-order chi connectivity index (χ1) is 10.6. The molecular formula is C17H18N2O3. The second-order valence-electron chi connectivity index (χ2n) is 4.71. The normalized spacial score (nSPS) is 10.6. The SMILES string of the molecule is CCNC(=O)c1cccc(NC(=O)/C=C/c2ccc(C)o2)c1. The summed E-state index contributed by atoms with van der Waals surface area (Å²) in [5.41, 5.74) is 1.07. The van der Waals surface area contributed by atoms with Gasteiger partial charge in [0.05, 0.1) is 0 Å². The largest absolute Gasteiger partial charge is 0.462 e. The van der Waals surface area contributed by atoms with Crippen molar-refractivity contribution >= 4 is 23.6 Å². The van der Waals surface area contributed by atoms with Crippen LogP contribution in [0, 0.1) is 6.92 Å². The lowest BCUT2D eigenvalue weighted by Crippen LogP contribution is -2.22. The minimum atomic E-state index is -0.290. The summed E-state index contributed by atoms with van der Waals surface area (Å²) in [5.74, 6) is 0.945. The zero-order chi connectivity index (χ0) is 15.9. The van der Waals surface area contributed by atoms with Crippen molar-refractivity contribution < 1.29 is 14.0 Å². The summed E-state index contributed by atoms with van der Waals surface area (Å²) >= 11 is 0. The van der Waals surface area contributed by atoms with Crippen LogP contribution in [0.4, 0.5) is 5.69 Å². The number of carbonyl (C=O) groups excluding carboxylic acids is 2. The van der Waals surface area contributed by atoms with Gasteiger partial charge in [-0.25, -0.2) is 0 Å². The molecule has 0 bridgehead atoms.